The Morgan fingerprint density at radius 3 is 1.78 bits per heavy atom. The van der Waals surface area contributed by atoms with Crippen molar-refractivity contribution in [3.63, 3.8) is 0 Å². The molecule has 2 unspecified atom stereocenters. The van der Waals surface area contributed by atoms with Crippen LogP contribution in [0.15, 0.2) is 60.7 Å². The van der Waals surface area contributed by atoms with Gasteiger partial charge in [-0.3, -0.25) is 0 Å². The summed E-state index contributed by atoms with van der Waals surface area (Å²) in [4.78, 5) is 0. The van der Waals surface area contributed by atoms with Gasteiger partial charge < -0.3 is 0 Å². The fourth-order valence-corrected chi connectivity index (χ4v) is 2.88. The highest BCUT2D eigenvalue weighted by atomic mass is 16.3. The van der Waals surface area contributed by atoms with E-state index in [9.17, 15) is 5.11 Å². The van der Waals surface area contributed by atoms with Crippen molar-refractivity contribution in [2.75, 3.05) is 6.61 Å². The van der Waals surface area contributed by atoms with Gasteiger partial charge >= 0.3 is 0 Å². The lowest BCUT2D eigenvalue weighted by Crippen LogP contribution is -2.05. The predicted molar refractivity (Wildman–Crippen MR) is 71.9 cm³/mol. The second kappa shape index (κ2) is 4.95. The van der Waals surface area contributed by atoms with Gasteiger partial charge in [0.15, 0.2) is 0 Å². The Bertz CT molecular complexity index is 452. The smallest absolute Gasteiger partial charge is 0.0853 e. The summed E-state index contributed by atoms with van der Waals surface area (Å²) in [5.74, 6) is 1.30. The molecule has 0 bridgehead atoms. The second-order valence-corrected chi connectivity index (χ2v) is 5.13. The molecule has 0 N–H and O–H groups in total. The number of rotatable bonds is 4. The van der Waals surface area contributed by atoms with Crippen molar-refractivity contribution in [1.29, 1.82) is 0 Å². The molecule has 2 aromatic carbocycles. The van der Waals surface area contributed by atoms with Gasteiger partial charge in [0.1, 0.15) is 0 Å². The van der Waals surface area contributed by atoms with E-state index in [4.69, 9.17) is 0 Å². The first-order valence-electron chi connectivity index (χ1n) is 6.58. The maximum absolute atomic E-state index is 11.1. The lowest BCUT2D eigenvalue weighted by Gasteiger charge is -2.18. The molecule has 0 amide bonds. The van der Waals surface area contributed by atoms with Crippen molar-refractivity contribution >= 4 is 0 Å². The molecule has 1 nitrogen and oxygen atoms in total. The number of benzene rings is 2. The normalized spacial score (nSPS) is 22.1. The minimum Gasteiger partial charge on any atom is -0.236 e. The molecule has 2 atom stereocenters. The minimum absolute atomic E-state index is 0.0703. The highest BCUT2D eigenvalue weighted by Crippen LogP contribution is 2.51. The fourth-order valence-electron chi connectivity index (χ4n) is 2.88. The molecule has 2 aromatic rings. The summed E-state index contributed by atoms with van der Waals surface area (Å²) in [7, 11) is 0. The summed E-state index contributed by atoms with van der Waals surface area (Å²) in [6.45, 7) is 0.0703. The van der Waals surface area contributed by atoms with Crippen molar-refractivity contribution in [1.82, 2.24) is 0 Å². The van der Waals surface area contributed by atoms with Crippen LogP contribution >= 0.6 is 0 Å². The summed E-state index contributed by atoms with van der Waals surface area (Å²) in [5.41, 5.74) is 2.68. The van der Waals surface area contributed by atoms with Crippen molar-refractivity contribution in [3.05, 3.63) is 71.8 Å². The minimum atomic E-state index is 0.0703. The van der Waals surface area contributed by atoms with Gasteiger partial charge in [-0.05, 0) is 29.4 Å². The third-order valence-electron chi connectivity index (χ3n) is 3.94. The SMILES string of the molecule is [O]CC1CC1C(c1ccccc1)c1ccccc1. The first-order valence-corrected chi connectivity index (χ1v) is 6.58. The molecule has 3 rings (SSSR count). The molecule has 0 aromatic heterocycles. The Morgan fingerprint density at radius 2 is 1.39 bits per heavy atom. The zero-order chi connectivity index (χ0) is 12.4. The van der Waals surface area contributed by atoms with Crippen LogP contribution in [-0.4, -0.2) is 6.61 Å². The van der Waals surface area contributed by atoms with Gasteiger partial charge in [-0.1, -0.05) is 60.7 Å². The average Bonchev–Trinajstić information content (AvgIpc) is 3.21. The van der Waals surface area contributed by atoms with Crippen molar-refractivity contribution in [3.8, 4) is 0 Å². The summed E-state index contributed by atoms with van der Waals surface area (Å²) in [6.07, 6.45) is 1.08. The maximum Gasteiger partial charge on any atom is 0.0853 e. The van der Waals surface area contributed by atoms with Crippen LogP contribution < -0.4 is 0 Å². The monoisotopic (exact) mass is 237 g/mol. The van der Waals surface area contributed by atoms with Crippen LogP contribution in [0.3, 0.4) is 0 Å². The van der Waals surface area contributed by atoms with Gasteiger partial charge in [0.05, 0.1) is 6.61 Å². The molecule has 91 valence electrons. The van der Waals surface area contributed by atoms with E-state index in [1.807, 2.05) is 12.1 Å². The molecule has 0 spiro atoms. The zero-order valence-electron chi connectivity index (χ0n) is 10.3. The van der Waals surface area contributed by atoms with Crippen LogP contribution in [0.25, 0.3) is 0 Å². The van der Waals surface area contributed by atoms with E-state index in [-0.39, 0.29) is 6.61 Å². The zero-order valence-corrected chi connectivity index (χ0v) is 10.3. The Balaban J connectivity index is 1.95. The summed E-state index contributed by atoms with van der Waals surface area (Å²) >= 11 is 0. The Hall–Kier alpha value is -1.60. The van der Waals surface area contributed by atoms with Crippen molar-refractivity contribution in [2.45, 2.75) is 12.3 Å². The van der Waals surface area contributed by atoms with E-state index in [0.717, 1.165) is 6.42 Å². The molecule has 0 saturated heterocycles. The van der Waals surface area contributed by atoms with E-state index in [2.05, 4.69) is 48.5 Å². The topological polar surface area (TPSA) is 19.9 Å². The van der Waals surface area contributed by atoms with Gasteiger partial charge in [0, 0.05) is 5.92 Å². The first kappa shape index (κ1) is 11.5. The lowest BCUT2D eigenvalue weighted by molar-refractivity contribution is 0.173. The van der Waals surface area contributed by atoms with E-state index in [0.29, 0.717) is 17.8 Å². The van der Waals surface area contributed by atoms with E-state index >= 15 is 0 Å². The van der Waals surface area contributed by atoms with Gasteiger partial charge in [0.2, 0.25) is 0 Å². The van der Waals surface area contributed by atoms with Crippen LogP contribution in [0, 0.1) is 11.8 Å². The third-order valence-corrected chi connectivity index (χ3v) is 3.94. The van der Waals surface area contributed by atoms with E-state index < -0.39 is 0 Å². The Labute approximate surface area is 108 Å². The highest BCUT2D eigenvalue weighted by molar-refractivity contribution is 5.35. The van der Waals surface area contributed by atoms with Crippen molar-refractivity contribution < 1.29 is 5.11 Å². The fraction of sp³-hybridized carbons (Fsp3) is 0.294. The molecule has 1 saturated carbocycles. The molecule has 0 heterocycles. The quantitative estimate of drug-likeness (QED) is 0.769. The summed E-state index contributed by atoms with van der Waals surface area (Å²) in [5, 5.41) is 11.1. The van der Waals surface area contributed by atoms with Crippen LogP contribution in [-0.2, 0) is 5.11 Å². The number of hydrogen-bond acceptors (Lipinski definition) is 0. The molecule has 0 aliphatic heterocycles. The van der Waals surface area contributed by atoms with Crippen LogP contribution in [0.2, 0.25) is 0 Å². The van der Waals surface area contributed by atoms with Gasteiger partial charge in [0.25, 0.3) is 0 Å². The van der Waals surface area contributed by atoms with E-state index in [1.54, 1.807) is 0 Å². The van der Waals surface area contributed by atoms with Crippen molar-refractivity contribution in [2.24, 2.45) is 11.8 Å². The second-order valence-electron chi connectivity index (χ2n) is 5.13. The van der Waals surface area contributed by atoms with Gasteiger partial charge in [-0.2, -0.15) is 0 Å². The molecule has 1 aliphatic carbocycles. The molecule has 1 heteroatoms. The van der Waals surface area contributed by atoms with Gasteiger partial charge in [-0.15, -0.1) is 0 Å². The summed E-state index contributed by atoms with van der Waals surface area (Å²) in [6, 6.07) is 21.1. The molecule has 1 fully saturated rings. The summed E-state index contributed by atoms with van der Waals surface area (Å²) < 4.78 is 0. The largest absolute Gasteiger partial charge is 0.236 e. The first-order chi connectivity index (χ1) is 8.90. The van der Waals surface area contributed by atoms with Crippen LogP contribution in [0.4, 0.5) is 0 Å². The standard InChI is InChI=1S/C17H17O/c18-12-15-11-16(15)17(13-7-3-1-4-8-13)14-9-5-2-6-10-14/h1-10,15-17H,11-12H2. The molecular weight excluding hydrogens is 220 g/mol. The highest BCUT2D eigenvalue weighted by Gasteiger charge is 2.43. The van der Waals surface area contributed by atoms with Gasteiger partial charge in [-0.25, -0.2) is 5.11 Å². The van der Waals surface area contributed by atoms with Crippen LogP contribution in [0.1, 0.15) is 23.5 Å². The van der Waals surface area contributed by atoms with Crippen LogP contribution in [0.5, 0.6) is 0 Å². The predicted octanol–water partition coefficient (Wildman–Crippen LogP) is 3.89. The maximum atomic E-state index is 11.1. The molecular formula is C17H17O. The molecule has 1 aliphatic rings. The molecule has 1 radical (unpaired) electrons. The Morgan fingerprint density at radius 1 is 0.889 bits per heavy atom. The van der Waals surface area contributed by atoms with E-state index in [1.165, 1.54) is 11.1 Å². The third kappa shape index (κ3) is 2.19. The number of hydrogen-bond donors (Lipinski definition) is 0. The Kier molecular flexibility index (Phi) is 3.16. The lowest BCUT2D eigenvalue weighted by atomic mass is 9.86. The average molecular weight is 237 g/mol. The molecule has 18 heavy (non-hydrogen) atoms.